The molecule has 1 saturated heterocycles. The van der Waals surface area contributed by atoms with E-state index in [1.807, 2.05) is 0 Å². The lowest BCUT2D eigenvalue weighted by molar-refractivity contribution is 0.615. The summed E-state index contributed by atoms with van der Waals surface area (Å²) in [4.78, 5) is 2.57. The van der Waals surface area contributed by atoms with Crippen molar-refractivity contribution in [1.82, 2.24) is 0 Å². The van der Waals surface area contributed by atoms with E-state index in [0.717, 1.165) is 12.8 Å². The normalized spacial score (nSPS) is 22.1. The Morgan fingerprint density at radius 3 is 2.63 bits per heavy atom. The SMILES string of the molecule is CCC(N)Cc1ccc(N2CCCCCC2C)cc1. The van der Waals surface area contributed by atoms with Crippen LogP contribution in [0.25, 0.3) is 0 Å². The maximum absolute atomic E-state index is 6.02. The van der Waals surface area contributed by atoms with Crippen molar-refractivity contribution in [1.29, 1.82) is 0 Å². The summed E-state index contributed by atoms with van der Waals surface area (Å²) in [6.07, 6.45) is 7.44. The highest BCUT2D eigenvalue weighted by molar-refractivity contribution is 5.48. The van der Waals surface area contributed by atoms with Gasteiger partial charge in [0.15, 0.2) is 0 Å². The Bertz CT molecular complexity index is 371. The molecular weight excluding hydrogens is 232 g/mol. The first kappa shape index (κ1) is 14.4. The van der Waals surface area contributed by atoms with E-state index in [4.69, 9.17) is 5.73 Å². The van der Waals surface area contributed by atoms with Crippen LogP contribution in [0.1, 0.15) is 51.5 Å². The third kappa shape index (κ3) is 3.97. The summed E-state index contributed by atoms with van der Waals surface area (Å²) >= 11 is 0. The van der Waals surface area contributed by atoms with Crippen molar-refractivity contribution >= 4 is 5.69 Å². The molecule has 2 nitrogen and oxygen atoms in total. The van der Waals surface area contributed by atoms with Crippen molar-refractivity contribution in [3.63, 3.8) is 0 Å². The molecule has 19 heavy (non-hydrogen) atoms. The molecule has 2 atom stereocenters. The van der Waals surface area contributed by atoms with Crippen molar-refractivity contribution in [3.8, 4) is 0 Å². The van der Waals surface area contributed by atoms with Crippen molar-refractivity contribution in [2.24, 2.45) is 5.73 Å². The Morgan fingerprint density at radius 2 is 1.95 bits per heavy atom. The molecule has 1 aromatic rings. The summed E-state index contributed by atoms with van der Waals surface area (Å²) < 4.78 is 0. The molecule has 2 heteroatoms. The lowest BCUT2D eigenvalue weighted by Crippen LogP contribution is -2.32. The monoisotopic (exact) mass is 260 g/mol. The van der Waals surface area contributed by atoms with Crippen LogP contribution in [0.5, 0.6) is 0 Å². The van der Waals surface area contributed by atoms with Gasteiger partial charge in [0.25, 0.3) is 0 Å². The third-order valence-corrected chi connectivity index (χ3v) is 4.34. The van der Waals surface area contributed by atoms with Crippen LogP contribution in [-0.2, 0) is 6.42 Å². The quantitative estimate of drug-likeness (QED) is 0.893. The van der Waals surface area contributed by atoms with Crippen molar-refractivity contribution in [3.05, 3.63) is 29.8 Å². The van der Waals surface area contributed by atoms with E-state index in [2.05, 4.69) is 43.0 Å². The van der Waals surface area contributed by atoms with E-state index in [-0.39, 0.29) is 0 Å². The van der Waals surface area contributed by atoms with Gasteiger partial charge in [-0.05, 0) is 50.3 Å². The topological polar surface area (TPSA) is 29.3 Å². The first-order valence-corrected chi connectivity index (χ1v) is 7.82. The molecule has 1 heterocycles. The van der Waals surface area contributed by atoms with Gasteiger partial charge in [0.05, 0.1) is 0 Å². The van der Waals surface area contributed by atoms with Crippen LogP contribution in [0.15, 0.2) is 24.3 Å². The summed E-state index contributed by atoms with van der Waals surface area (Å²) in [5, 5.41) is 0. The van der Waals surface area contributed by atoms with E-state index in [9.17, 15) is 0 Å². The summed E-state index contributed by atoms with van der Waals surface area (Å²) in [6.45, 7) is 5.71. The molecule has 0 aliphatic carbocycles. The molecule has 2 unspecified atom stereocenters. The van der Waals surface area contributed by atoms with Gasteiger partial charge in [-0.15, -0.1) is 0 Å². The highest BCUT2D eigenvalue weighted by atomic mass is 15.2. The molecule has 2 rings (SSSR count). The van der Waals surface area contributed by atoms with Gasteiger partial charge in [-0.3, -0.25) is 0 Å². The van der Waals surface area contributed by atoms with Crippen LogP contribution in [0.4, 0.5) is 5.69 Å². The molecule has 1 aliphatic rings. The molecule has 0 amide bonds. The Balaban J connectivity index is 2.04. The smallest absolute Gasteiger partial charge is 0.0368 e. The summed E-state index contributed by atoms with van der Waals surface area (Å²) in [5.74, 6) is 0. The van der Waals surface area contributed by atoms with E-state index < -0.39 is 0 Å². The first-order chi connectivity index (χ1) is 9.20. The molecule has 0 spiro atoms. The highest BCUT2D eigenvalue weighted by Crippen LogP contribution is 2.24. The number of benzene rings is 1. The predicted molar refractivity (Wildman–Crippen MR) is 83.7 cm³/mol. The van der Waals surface area contributed by atoms with Gasteiger partial charge >= 0.3 is 0 Å². The Morgan fingerprint density at radius 1 is 1.21 bits per heavy atom. The number of hydrogen-bond acceptors (Lipinski definition) is 2. The number of anilines is 1. The molecule has 1 aromatic carbocycles. The third-order valence-electron chi connectivity index (χ3n) is 4.34. The zero-order valence-corrected chi connectivity index (χ0v) is 12.4. The van der Waals surface area contributed by atoms with Crippen LogP contribution >= 0.6 is 0 Å². The van der Waals surface area contributed by atoms with Gasteiger partial charge in [0.2, 0.25) is 0 Å². The van der Waals surface area contributed by atoms with Crippen LogP contribution in [0, 0.1) is 0 Å². The summed E-state index contributed by atoms with van der Waals surface area (Å²) in [5.41, 5.74) is 8.76. The van der Waals surface area contributed by atoms with Crippen molar-refractivity contribution in [2.75, 3.05) is 11.4 Å². The van der Waals surface area contributed by atoms with Gasteiger partial charge < -0.3 is 10.6 Å². The lowest BCUT2D eigenvalue weighted by Gasteiger charge is -2.29. The fraction of sp³-hybridized carbons (Fsp3) is 0.647. The largest absolute Gasteiger partial charge is 0.369 e. The standard InChI is InChI=1S/C17H28N2/c1-3-16(18)13-15-8-10-17(11-9-15)19-12-6-4-5-7-14(19)2/h8-11,14,16H,3-7,12-13,18H2,1-2H3. The van der Waals surface area contributed by atoms with Crippen LogP contribution in [-0.4, -0.2) is 18.6 Å². The number of nitrogens with two attached hydrogens (primary N) is 1. The first-order valence-electron chi connectivity index (χ1n) is 7.82. The molecule has 106 valence electrons. The Labute approximate surface area is 118 Å². The number of nitrogens with zero attached hydrogens (tertiary/aromatic N) is 1. The second kappa shape index (κ2) is 6.95. The molecule has 2 N–H and O–H groups in total. The minimum atomic E-state index is 0.294. The molecule has 0 bridgehead atoms. The molecule has 1 fully saturated rings. The minimum Gasteiger partial charge on any atom is -0.369 e. The molecule has 0 saturated carbocycles. The van der Waals surface area contributed by atoms with E-state index in [1.165, 1.54) is 43.5 Å². The second-order valence-electron chi connectivity index (χ2n) is 5.93. The zero-order chi connectivity index (χ0) is 13.7. The maximum Gasteiger partial charge on any atom is 0.0368 e. The van der Waals surface area contributed by atoms with Crippen LogP contribution < -0.4 is 10.6 Å². The zero-order valence-electron chi connectivity index (χ0n) is 12.4. The van der Waals surface area contributed by atoms with Crippen LogP contribution in [0.3, 0.4) is 0 Å². The molecule has 1 aliphatic heterocycles. The van der Waals surface area contributed by atoms with E-state index in [1.54, 1.807) is 0 Å². The van der Waals surface area contributed by atoms with Gasteiger partial charge in [-0.1, -0.05) is 31.9 Å². The average Bonchev–Trinajstić information content (AvgIpc) is 2.64. The second-order valence-corrected chi connectivity index (χ2v) is 5.93. The van der Waals surface area contributed by atoms with Gasteiger partial charge in [0, 0.05) is 24.3 Å². The summed E-state index contributed by atoms with van der Waals surface area (Å²) in [6, 6.07) is 10.0. The van der Waals surface area contributed by atoms with Crippen molar-refractivity contribution < 1.29 is 0 Å². The van der Waals surface area contributed by atoms with E-state index >= 15 is 0 Å². The Kier molecular flexibility index (Phi) is 5.26. The molecular formula is C17H28N2. The van der Waals surface area contributed by atoms with Crippen molar-refractivity contribution in [2.45, 2.75) is 64.5 Å². The predicted octanol–water partition coefficient (Wildman–Crippen LogP) is 3.74. The Hall–Kier alpha value is -1.02. The minimum absolute atomic E-state index is 0.294. The van der Waals surface area contributed by atoms with Gasteiger partial charge in [-0.25, -0.2) is 0 Å². The van der Waals surface area contributed by atoms with Gasteiger partial charge in [-0.2, -0.15) is 0 Å². The maximum atomic E-state index is 6.02. The number of rotatable bonds is 4. The fourth-order valence-corrected chi connectivity index (χ4v) is 2.93. The lowest BCUT2D eigenvalue weighted by atomic mass is 10.0. The number of hydrogen-bond donors (Lipinski definition) is 1. The fourth-order valence-electron chi connectivity index (χ4n) is 2.93. The molecule has 0 radical (unpaired) electrons. The average molecular weight is 260 g/mol. The van der Waals surface area contributed by atoms with Crippen LogP contribution in [0.2, 0.25) is 0 Å². The summed E-state index contributed by atoms with van der Waals surface area (Å²) in [7, 11) is 0. The highest BCUT2D eigenvalue weighted by Gasteiger charge is 2.17. The van der Waals surface area contributed by atoms with E-state index in [0.29, 0.717) is 12.1 Å². The van der Waals surface area contributed by atoms with Gasteiger partial charge in [0.1, 0.15) is 0 Å². The molecule has 0 aromatic heterocycles.